The van der Waals surface area contributed by atoms with Crippen LogP contribution >= 0.6 is 11.3 Å². The first-order valence-electron chi connectivity index (χ1n) is 6.52. The van der Waals surface area contributed by atoms with Gasteiger partial charge in [-0.05, 0) is 30.0 Å². The number of methoxy groups -OCH3 is 2. The third-order valence-electron chi connectivity index (χ3n) is 3.71. The number of rotatable bonds is 4. The zero-order valence-electron chi connectivity index (χ0n) is 11.7. The Balaban J connectivity index is 1.93. The maximum absolute atomic E-state index is 12.7. The Kier molecular flexibility index (Phi) is 3.51. The van der Waals surface area contributed by atoms with Crippen molar-refractivity contribution in [2.24, 2.45) is 5.92 Å². The maximum atomic E-state index is 12.7. The van der Waals surface area contributed by atoms with Crippen LogP contribution in [0.4, 0.5) is 0 Å². The highest BCUT2D eigenvalue weighted by molar-refractivity contribution is 7.10. The molecule has 1 aliphatic carbocycles. The van der Waals surface area contributed by atoms with Gasteiger partial charge in [-0.2, -0.15) is 0 Å². The molecule has 1 aliphatic rings. The Morgan fingerprint density at radius 2 is 2.05 bits per heavy atom. The van der Waals surface area contributed by atoms with Crippen molar-refractivity contribution in [3.8, 4) is 11.5 Å². The SMILES string of the molecule is COc1ccc(C(=O)C2Cc3sccc3C2=O)c(OC)c1. The molecule has 5 heteroatoms. The highest BCUT2D eigenvalue weighted by atomic mass is 32.1. The fraction of sp³-hybridized carbons (Fsp3) is 0.250. The van der Waals surface area contributed by atoms with Gasteiger partial charge in [-0.1, -0.05) is 0 Å². The Morgan fingerprint density at radius 1 is 1.24 bits per heavy atom. The van der Waals surface area contributed by atoms with Crippen molar-refractivity contribution in [2.75, 3.05) is 14.2 Å². The summed E-state index contributed by atoms with van der Waals surface area (Å²) < 4.78 is 10.4. The van der Waals surface area contributed by atoms with Crippen LogP contribution in [0.5, 0.6) is 11.5 Å². The van der Waals surface area contributed by atoms with Crippen LogP contribution in [0.25, 0.3) is 0 Å². The average molecular weight is 302 g/mol. The molecule has 0 fully saturated rings. The van der Waals surface area contributed by atoms with Gasteiger partial charge < -0.3 is 9.47 Å². The molecule has 0 spiro atoms. The lowest BCUT2D eigenvalue weighted by atomic mass is 9.93. The number of Topliss-reactive ketones (excluding diaryl/α,β-unsaturated/α-hetero) is 2. The minimum absolute atomic E-state index is 0.0888. The molecular weight excluding hydrogens is 288 g/mol. The lowest BCUT2D eigenvalue weighted by molar-refractivity contribution is 0.0820. The van der Waals surface area contributed by atoms with Gasteiger partial charge in [-0.25, -0.2) is 0 Å². The van der Waals surface area contributed by atoms with Crippen LogP contribution in [0.15, 0.2) is 29.6 Å². The highest BCUT2D eigenvalue weighted by Crippen LogP contribution is 2.35. The molecule has 108 valence electrons. The van der Waals surface area contributed by atoms with Crippen molar-refractivity contribution in [2.45, 2.75) is 6.42 Å². The number of hydrogen-bond acceptors (Lipinski definition) is 5. The molecule has 0 N–H and O–H groups in total. The second kappa shape index (κ2) is 5.33. The minimum atomic E-state index is -0.630. The van der Waals surface area contributed by atoms with E-state index in [-0.39, 0.29) is 11.6 Å². The molecule has 1 unspecified atom stereocenters. The number of carbonyl (C=O) groups is 2. The summed E-state index contributed by atoms with van der Waals surface area (Å²) in [5.74, 6) is 0.134. The van der Waals surface area contributed by atoms with Crippen molar-refractivity contribution in [3.63, 3.8) is 0 Å². The van der Waals surface area contributed by atoms with E-state index >= 15 is 0 Å². The molecule has 0 amide bonds. The lowest BCUT2D eigenvalue weighted by Gasteiger charge is -2.12. The molecule has 1 atom stereocenters. The molecule has 1 aromatic carbocycles. The van der Waals surface area contributed by atoms with Gasteiger partial charge in [-0.15, -0.1) is 11.3 Å². The van der Waals surface area contributed by atoms with E-state index < -0.39 is 5.92 Å². The topological polar surface area (TPSA) is 52.6 Å². The molecule has 3 rings (SSSR count). The number of thiophene rings is 1. The summed E-state index contributed by atoms with van der Waals surface area (Å²) in [7, 11) is 3.05. The van der Waals surface area contributed by atoms with Gasteiger partial charge in [0, 0.05) is 16.5 Å². The lowest BCUT2D eigenvalue weighted by Crippen LogP contribution is -2.21. The third-order valence-corrected chi connectivity index (χ3v) is 4.65. The summed E-state index contributed by atoms with van der Waals surface area (Å²) in [5, 5.41) is 1.89. The van der Waals surface area contributed by atoms with E-state index in [4.69, 9.17) is 9.47 Å². The molecule has 1 aromatic heterocycles. The van der Waals surface area contributed by atoms with Gasteiger partial charge in [0.15, 0.2) is 11.6 Å². The van der Waals surface area contributed by atoms with E-state index in [1.165, 1.54) is 18.4 Å². The minimum Gasteiger partial charge on any atom is -0.497 e. The molecule has 0 aliphatic heterocycles. The second-order valence-electron chi connectivity index (χ2n) is 4.81. The van der Waals surface area contributed by atoms with Crippen LogP contribution < -0.4 is 9.47 Å². The summed E-state index contributed by atoms with van der Waals surface area (Å²) in [4.78, 5) is 26.0. The van der Waals surface area contributed by atoms with Gasteiger partial charge in [0.05, 0.1) is 25.7 Å². The summed E-state index contributed by atoms with van der Waals surface area (Å²) in [6.45, 7) is 0. The second-order valence-corrected chi connectivity index (χ2v) is 5.81. The normalized spacial score (nSPS) is 16.7. The Morgan fingerprint density at radius 3 is 2.71 bits per heavy atom. The Hall–Kier alpha value is -2.14. The predicted octanol–water partition coefficient (Wildman–Crippen LogP) is 3.00. The highest BCUT2D eigenvalue weighted by Gasteiger charge is 2.37. The summed E-state index contributed by atoms with van der Waals surface area (Å²) in [6, 6.07) is 6.80. The van der Waals surface area contributed by atoms with Gasteiger partial charge in [-0.3, -0.25) is 9.59 Å². The van der Waals surface area contributed by atoms with E-state index in [1.54, 1.807) is 31.4 Å². The summed E-state index contributed by atoms with van der Waals surface area (Å²) >= 11 is 1.52. The van der Waals surface area contributed by atoms with Gasteiger partial charge in [0.2, 0.25) is 0 Å². The fourth-order valence-electron chi connectivity index (χ4n) is 2.59. The molecule has 21 heavy (non-hydrogen) atoms. The largest absolute Gasteiger partial charge is 0.497 e. The van der Waals surface area contributed by atoms with E-state index in [9.17, 15) is 9.59 Å². The van der Waals surface area contributed by atoms with Crippen molar-refractivity contribution < 1.29 is 19.1 Å². The summed E-state index contributed by atoms with van der Waals surface area (Å²) in [6.07, 6.45) is 0.486. The monoisotopic (exact) mass is 302 g/mol. The molecule has 4 nitrogen and oxygen atoms in total. The number of carbonyl (C=O) groups excluding carboxylic acids is 2. The molecule has 1 heterocycles. The van der Waals surface area contributed by atoms with Crippen molar-refractivity contribution >= 4 is 22.9 Å². The van der Waals surface area contributed by atoms with E-state index in [0.29, 0.717) is 29.0 Å². The quantitative estimate of drug-likeness (QED) is 0.643. The maximum Gasteiger partial charge on any atom is 0.177 e. The first-order valence-corrected chi connectivity index (χ1v) is 7.40. The van der Waals surface area contributed by atoms with Crippen molar-refractivity contribution in [3.05, 3.63) is 45.6 Å². The first kappa shape index (κ1) is 13.8. The fourth-order valence-corrected chi connectivity index (χ4v) is 3.51. The zero-order chi connectivity index (χ0) is 15.0. The van der Waals surface area contributed by atoms with Crippen molar-refractivity contribution in [1.29, 1.82) is 0 Å². The molecule has 0 saturated carbocycles. The number of benzene rings is 1. The molecule has 2 aromatic rings. The van der Waals surface area contributed by atoms with Crippen molar-refractivity contribution in [1.82, 2.24) is 0 Å². The molecule has 0 saturated heterocycles. The van der Waals surface area contributed by atoms with Gasteiger partial charge in [0.25, 0.3) is 0 Å². The van der Waals surface area contributed by atoms with Gasteiger partial charge >= 0.3 is 0 Å². The predicted molar refractivity (Wildman–Crippen MR) is 79.7 cm³/mol. The van der Waals surface area contributed by atoms with Crippen LogP contribution in [-0.4, -0.2) is 25.8 Å². The van der Waals surface area contributed by atoms with E-state index in [0.717, 1.165) is 4.88 Å². The Bertz CT molecular complexity index is 717. The number of ketones is 2. The standard InChI is InChI=1S/C16H14O4S/c1-19-9-3-4-10(13(7-9)20-2)15(17)12-8-14-11(16(12)18)5-6-21-14/h3-7,12H,8H2,1-2H3. The number of ether oxygens (including phenoxy) is 2. The number of fused-ring (bicyclic) bond motifs is 1. The van der Waals surface area contributed by atoms with Crippen LogP contribution in [0.3, 0.4) is 0 Å². The number of hydrogen-bond donors (Lipinski definition) is 0. The Labute approximate surface area is 126 Å². The smallest absolute Gasteiger partial charge is 0.177 e. The molecular formula is C16H14O4S. The van der Waals surface area contributed by atoms with Crippen LogP contribution in [-0.2, 0) is 6.42 Å². The van der Waals surface area contributed by atoms with Gasteiger partial charge in [0.1, 0.15) is 11.5 Å². The molecule has 0 bridgehead atoms. The third kappa shape index (κ3) is 2.23. The molecule has 0 radical (unpaired) electrons. The van der Waals surface area contributed by atoms with Crippen LogP contribution in [0, 0.1) is 5.92 Å². The van der Waals surface area contributed by atoms with Crippen LogP contribution in [0.2, 0.25) is 0 Å². The first-order chi connectivity index (χ1) is 10.2. The summed E-state index contributed by atoms with van der Waals surface area (Å²) in [5.41, 5.74) is 1.11. The average Bonchev–Trinajstić information content (AvgIpc) is 3.09. The van der Waals surface area contributed by atoms with Crippen LogP contribution in [0.1, 0.15) is 25.6 Å². The zero-order valence-corrected chi connectivity index (χ0v) is 12.5. The van der Waals surface area contributed by atoms with E-state index in [1.807, 2.05) is 5.38 Å². The van der Waals surface area contributed by atoms with E-state index in [2.05, 4.69) is 0 Å².